The van der Waals surface area contributed by atoms with Gasteiger partial charge in [0.15, 0.2) is 0 Å². The van der Waals surface area contributed by atoms with Crippen molar-refractivity contribution >= 4 is 5.91 Å². The molecule has 5 nitrogen and oxygen atoms in total. The summed E-state index contributed by atoms with van der Waals surface area (Å²) in [6, 6.07) is 5.19. The van der Waals surface area contributed by atoms with Crippen LogP contribution >= 0.6 is 0 Å². The lowest BCUT2D eigenvalue weighted by atomic mass is 10.1. The van der Waals surface area contributed by atoms with Gasteiger partial charge in [0.1, 0.15) is 11.5 Å². The maximum absolute atomic E-state index is 12.2. The summed E-state index contributed by atoms with van der Waals surface area (Å²) in [6.07, 6.45) is 3.09. The lowest BCUT2D eigenvalue weighted by Crippen LogP contribution is -2.29. The average molecular weight is 276 g/mol. The molecule has 0 fully saturated rings. The molecule has 0 spiro atoms. The van der Waals surface area contributed by atoms with Crippen molar-refractivity contribution in [3.63, 3.8) is 0 Å². The maximum Gasteiger partial charge on any atom is 0.255 e. The number of nitrogens with one attached hydrogen (secondary N) is 2. The van der Waals surface area contributed by atoms with E-state index in [0.29, 0.717) is 23.6 Å². The highest BCUT2D eigenvalue weighted by atomic mass is 16.5. The number of hydrogen-bond donors (Lipinski definition) is 2. The van der Waals surface area contributed by atoms with Crippen LogP contribution in [0.1, 0.15) is 16.8 Å². The number of carbonyl (C=O) groups excluding carboxylic acids is 1. The zero-order valence-corrected chi connectivity index (χ0v) is 11.9. The van der Waals surface area contributed by atoms with Crippen LogP contribution in [0.15, 0.2) is 29.8 Å². The Balaban J connectivity index is 2.05. The Kier molecular flexibility index (Phi) is 5.01. The fourth-order valence-corrected chi connectivity index (χ4v) is 2.11. The van der Waals surface area contributed by atoms with E-state index >= 15 is 0 Å². The molecule has 1 aromatic carbocycles. The SMILES string of the molecule is COc1ccc(OC)c(C(=O)NCC2=CCNCC2)c1. The Morgan fingerprint density at radius 2 is 2.20 bits per heavy atom. The van der Waals surface area contributed by atoms with Crippen LogP contribution in [0.5, 0.6) is 11.5 Å². The van der Waals surface area contributed by atoms with Gasteiger partial charge in [-0.05, 0) is 31.2 Å². The van der Waals surface area contributed by atoms with Crippen LogP contribution in [0.3, 0.4) is 0 Å². The molecule has 20 heavy (non-hydrogen) atoms. The van der Waals surface area contributed by atoms with Gasteiger partial charge in [0, 0.05) is 13.1 Å². The number of methoxy groups -OCH3 is 2. The second-order valence-corrected chi connectivity index (χ2v) is 4.57. The van der Waals surface area contributed by atoms with E-state index in [2.05, 4.69) is 16.7 Å². The average Bonchev–Trinajstić information content (AvgIpc) is 2.52. The first-order valence-electron chi connectivity index (χ1n) is 6.63. The summed E-state index contributed by atoms with van der Waals surface area (Å²) >= 11 is 0. The fourth-order valence-electron chi connectivity index (χ4n) is 2.11. The van der Waals surface area contributed by atoms with Crippen molar-refractivity contribution in [3.05, 3.63) is 35.4 Å². The molecular weight excluding hydrogens is 256 g/mol. The summed E-state index contributed by atoms with van der Waals surface area (Å²) in [5, 5.41) is 6.17. The monoisotopic (exact) mass is 276 g/mol. The van der Waals surface area contributed by atoms with Crippen molar-refractivity contribution in [2.45, 2.75) is 6.42 Å². The molecule has 0 saturated heterocycles. The van der Waals surface area contributed by atoms with Gasteiger partial charge in [-0.15, -0.1) is 0 Å². The van der Waals surface area contributed by atoms with Crippen molar-refractivity contribution in [1.29, 1.82) is 0 Å². The van der Waals surface area contributed by atoms with Crippen LogP contribution in [-0.2, 0) is 0 Å². The smallest absolute Gasteiger partial charge is 0.255 e. The zero-order chi connectivity index (χ0) is 14.4. The van der Waals surface area contributed by atoms with Crippen LogP contribution in [0.4, 0.5) is 0 Å². The zero-order valence-electron chi connectivity index (χ0n) is 11.9. The van der Waals surface area contributed by atoms with Gasteiger partial charge in [-0.3, -0.25) is 4.79 Å². The molecule has 0 radical (unpaired) electrons. The van der Waals surface area contributed by atoms with E-state index in [-0.39, 0.29) is 5.91 Å². The molecule has 1 aliphatic rings. The lowest BCUT2D eigenvalue weighted by molar-refractivity contribution is 0.0953. The quantitative estimate of drug-likeness (QED) is 0.797. The number of rotatable bonds is 5. The summed E-state index contributed by atoms with van der Waals surface area (Å²) in [4.78, 5) is 12.2. The molecule has 1 aliphatic heterocycles. The van der Waals surface area contributed by atoms with Gasteiger partial charge >= 0.3 is 0 Å². The number of benzene rings is 1. The van der Waals surface area contributed by atoms with Crippen LogP contribution in [-0.4, -0.2) is 39.8 Å². The van der Waals surface area contributed by atoms with E-state index in [1.807, 2.05) is 0 Å². The summed E-state index contributed by atoms with van der Waals surface area (Å²) in [5.74, 6) is 1.03. The normalized spacial score (nSPS) is 14.4. The molecule has 0 saturated carbocycles. The molecule has 1 aromatic rings. The summed E-state index contributed by atoms with van der Waals surface area (Å²) < 4.78 is 10.4. The Bertz CT molecular complexity index is 512. The van der Waals surface area contributed by atoms with E-state index in [4.69, 9.17) is 9.47 Å². The second-order valence-electron chi connectivity index (χ2n) is 4.57. The number of amides is 1. The number of hydrogen-bond acceptors (Lipinski definition) is 4. The molecule has 2 N–H and O–H groups in total. The molecule has 0 aliphatic carbocycles. The molecule has 5 heteroatoms. The lowest BCUT2D eigenvalue weighted by Gasteiger charge is -2.15. The van der Waals surface area contributed by atoms with E-state index in [9.17, 15) is 4.79 Å². The second kappa shape index (κ2) is 6.96. The first-order valence-corrected chi connectivity index (χ1v) is 6.63. The number of ether oxygens (including phenoxy) is 2. The first-order chi connectivity index (χ1) is 9.74. The maximum atomic E-state index is 12.2. The Labute approximate surface area is 119 Å². The highest BCUT2D eigenvalue weighted by Crippen LogP contribution is 2.23. The predicted molar refractivity (Wildman–Crippen MR) is 77.4 cm³/mol. The standard InChI is InChI=1S/C15H20N2O3/c1-19-12-3-4-14(20-2)13(9-12)15(18)17-10-11-5-7-16-8-6-11/h3-5,9,16H,6-8,10H2,1-2H3,(H,17,18). The van der Waals surface area contributed by atoms with Gasteiger partial charge in [-0.25, -0.2) is 0 Å². The van der Waals surface area contributed by atoms with Crippen LogP contribution in [0.2, 0.25) is 0 Å². The van der Waals surface area contributed by atoms with E-state index in [0.717, 1.165) is 19.5 Å². The van der Waals surface area contributed by atoms with Crippen molar-refractivity contribution < 1.29 is 14.3 Å². The highest BCUT2D eigenvalue weighted by Gasteiger charge is 2.14. The topological polar surface area (TPSA) is 59.6 Å². The van der Waals surface area contributed by atoms with Crippen molar-refractivity contribution in [3.8, 4) is 11.5 Å². The third kappa shape index (κ3) is 3.51. The Morgan fingerprint density at radius 3 is 2.85 bits per heavy atom. The Hall–Kier alpha value is -2.01. The molecule has 0 atom stereocenters. The minimum absolute atomic E-state index is 0.153. The van der Waals surface area contributed by atoms with Gasteiger partial charge in [0.2, 0.25) is 0 Å². The van der Waals surface area contributed by atoms with Crippen molar-refractivity contribution in [2.24, 2.45) is 0 Å². The van der Waals surface area contributed by atoms with Gasteiger partial charge in [-0.2, -0.15) is 0 Å². The molecular formula is C15H20N2O3. The highest BCUT2D eigenvalue weighted by molar-refractivity contribution is 5.97. The number of carbonyl (C=O) groups is 1. The first kappa shape index (κ1) is 14.4. The molecule has 0 aromatic heterocycles. The predicted octanol–water partition coefficient (Wildman–Crippen LogP) is 1.35. The Morgan fingerprint density at radius 1 is 1.35 bits per heavy atom. The summed E-state index contributed by atoms with van der Waals surface area (Å²) in [7, 11) is 3.12. The minimum Gasteiger partial charge on any atom is -0.497 e. The van der Waals surface area contributed by atoms with Crippen LogP contribution < -0.4 is 20.1 Å². The van der Waals surface area contributed by atoms with Gasteiger partial charge in [0.25, 0.3) is 5.91 Å². The molecule has 1 amide bonds. The van der Waals surface area contributed by atoms with Crippen LogP contribution in [0, 0.1) is 0 Å². The van der Waals surface area contributed by atoms with Gasteiger partial charge in [-0.1, -0.05) is 11.6 Å². The van der Waals surface area contributed by atoms with Crippen molar-refractivity contribution in [1.82, 2.24) is 10.6 Å². The van der Waals surface area contributed by atoms with Crippen LogP contribution in [0.25, 0.3) is 0 Å². The van der Waals surface area contributed by atoms with E-state index < -0.39 is 0 Å². The van der Waals surface area contributed by atoms with E-state index in [1.54, 1.807) is 32.4 Å². The van der Waals surface area contributed by atoms with Gasteiger partial charge < -0.3 is 20.1 Å². The molecule has 0 bridgehead atoms. The molecule has 1 heterocycles. The minimum atomic E-state index is -0.153. The third-order valence-corrected chi connectivity index (χ3v) is 3.29. The molecule has 108 valence electrons. The van der Waals surface area contributed by atoms with E-state index in [1.165, 1.54) is 5.57 Å². The van der Waals surface area contributed by atoms with Crippen molar-refractivity contribution in [2.75, 3.05) is 33.9 Å². The molecule has 0 unspecified atom stereocenters. The summed E-state index contributed by atoms with van der Waals surface area (Å²) in [6.45, 7) is 2.40. The molecule has 2 rings (SSSR count). The fraction of sp³-hybridized carbons (Fsp3) is 0.400. The largest absolute Gasteiger partial charge is 0.497 e. The third-order valence-electron chi connectivity index (χ3n) is 3.29. The summed E-state index contributed by atoms with van der Waals surface area (Å²) in [5.41, 5.74) is 1.74. The van der Waals surface area contributed by atoms with Gasteiger partial charge in [0.05, 0.1) is 19.8 Å².